The van der Waals surface area contributed by atoms with E-state index in [1.54, 1.807) is 18.2 Å². The van der Waals surface area contributed by atoms with Gasteiger partial charge in [0, 0.05) is 23.6 Å². The number of ether oxygens (including phenoxy) is 1. The lowest BCUT2D eigenvalue weighted by Crippen LogP contribution is -1.94. The summed E-state index contributed by atoms with van der Waals surface area (Å²) in [6, 6.07) is 8.02. The number of aromatic nitrogens is 1. The minimum absolute atomic E-state index is 0.0680. The van der Waals surface area contributed by atoms with Crippen LogP contribution in [-0.2, 0) is 0 Å². The van der Waals surface area contributed by atoms with Crippen LogP contribution >= 0.6 is 0 Å². The van der Waals surface area contributed by atoms with Gasteiger partial charge in [0.05, 0.1) is 17.0 Å². The monoisotopic (exact) mass is 218 g/mol. The van der Waals surface area contributed by atoms with Crippen molar-refractivity contribution in [2.45, 2.75) is 6.92 Å². The molecule has 0 aliphatic rings. The van der Waals surface area contributed by atoms with Crippen LogP contribution in [0.4, 0.5) is 5.69 Å². The second kappa shape index (κ2) is 4.14. The topological polar surface area (TPSA) is 65.3 Å². The average Bonchev–Trinajstić information content (AvgIpc) is 2.28. The summed E-state index contributed by atoms with van der Waals surface area (Å²) in [5, 5.41) is 11.3. The highest BCUT2D eigenvalue weighted by Gasteiger charge is 2.07. The van der Waals surface area contributed by atoms with Gasteiger partial charge in [-0.05, 0) is 19.1 Å². The summed E-state index contributed by atoms with van der Waals surface area (Å²) in [7, 11) is 0. The number of hydrogen-bond acceptors (Lipinski definition) is 4. The highest BCUT2D eigenvalue weighted by molar-refractivity contribution is 5.81. The molecule has 0 aliphatic carbocycles. The summed E-state index contributed by atoms with van der Waals surface area (Å²) in [6.45, 7) is 2.42. The van der Waals surface area contributed by atoms with Gasteiger partial charge in [-0.1, -0.05) is 0 Å². The van der Waals surface area contributed by atoms with Crippen molar-refractivity contribution >= 4 is 16.6 Å². The number of nitrogens with zero attached hydrogens (tertiary/aromatic N) is 2. The zero-order valence-corrected chi connectivity index (χ0v) is 8.71. The summed E-state index contributed by atoms with van der Waals surface area (Å²) >= 11 is 0. The van der Waals surface area contributed by atoms with Crippen LogP contribution in [0.2, 0.25) is 0 Å². The van der Waals surface area contributed by atoms with E-state index >= 15 is 0 Å². The van der Waals surface area contributed by atoms with Crippen LogP contribution in [0.25, 0.3) is 10.9 Å². The maximum atomic E-state index is 10.6. The number of hydrogen-bond donors (Lipinski definition) is 0. The summed E-state index contributed by atoms with van der Waals surface area (Å²) in [5.41, 5.74) is 0.759. The van der Waals surface area contributed by atoms with E-state index in [1.165, 1.54) is 12.1 Å². The standard InChI is InChI=1S/C11H10N2O3/c1-2-16-11-6-3-8-7-9(13(14)15)4-5-10(8)12-11/h3-7H,2H2,1H3. The molecule has 5 heteroatoms. The van der Waals surface area contributed by atoms with Crippen molar-refractivity contribution in [3.05, 3.63) is 40.4 Å². The zero-order chi connectivity index (χ0) is 11.5. The molecule has 0 amide bonds. The molecular formula is C11H10N2O3. The Kier molecular flexibility index (Phi) is 2.68. The molecule has 0 atom stereocenters. The Morgan fingerprint density at radius 1 is 1.38 bits per heavy atom. The van der Waals surface area contributed by atoms with Crippen molar-refractivity contribution in [3.8, 4) is 5.88 Å². The van der Waals surface area contributed by atoms with Gasteiger partial charge in [0.15, 0.2) is 0 Å². The van der Waals surface area contributed by atoms with Gasteiger partial charge in [0.25, 0.3) is 5.69 Å². The predicted molar refractivity (Wildman–Crippen MR) is 59.6 cm³/mol. The molecule has 16 heavy (non-hydrogen) atoms. The molecule has 0 N–H and O–H groups in total. The summed E-state index contributed by atoms with van der Waals surface area (Å²) in [6.07, 6.45) is 0. The smallest absolute Gasteiger partial charge is 0.270 e. The Labute approximate surface area is 91.8 Å². The molecule has 2 rings (SSSR count). The highest BCUT2D eigenvalue weighted by Crippen LogP contribution is 2.21. The van der Waals surface area contributed by atoms with Crippen LogP contribution in [0.5, 0.6) is 5.88 Å². The predicted octanol–water partition coefficient (Wildman–Crippen LogP) is 2.54. The van der Waals surface area contributed by atoms with E-state index in [1.807, 2.05) is 6.92 Å². The van der Waals surface area contributed by atoms with E-state index in [2.05, 4.69) is 4.98 Å². The first kappa shape index (κ1) is 10.4. The molecule has 0 spiro atoms. The molecule has 0 fully saturated rings. The quantitative estimate of drug-likeness (QED) is 0.586. The van der Waals surface area contributed by atoms with Gasteiger partial charge in [-0.2, -0.15) is 0 Å². The molecule has 82 valence electrons. The van der Waals surface area contributed by atoms with Crippen LogP contribution in [-0.4, -0.2) is 16.5 Å². The van der Waals surface area contributed by atoms with E-state index in [-0.39, 0.29) is 5.69 Å². The van der Waals surface area contributed by atoms with Gasteiger partial charge in [0.2, 0.25) is 5.88 Å². The van der Waals surface area contributed by atoms with Gasteiger partial charge in [-0.25, -0.2) is 4.98 Å². The second-order valence-electron chi connectivity index (χ2n) is 3.22. The van der Waals surface area contributed by atoms with E-state index in [0.717, 1.165) is 5.39 Å². The number of non-ortho nitro benzene ring substituents is 1. The lowest BCUT2D eigenvalue weighted by molar-refractivity contribution is -0.384. The fourth-order valence-electron chi connectivity index (χ4n) is 1.44. The number of pyridine rings is 1. The maximum absolute atomic E-state index is 10.6. The van der Waals surface area contributed by atoms with Crippen molar-refractivity contribution in [3.63, 3.8) is 0 Å². The largest absolute Gasteiger partial charge is 0.478 e. The molecule has 0 saturated carbocycles. The van der Waals surface area contributed by atoms with Gasteiger partial charge in [0.1, 0.15) is 0 Å². The van der Waals surface area contributed by atoms with E-state index in [4.69, 9.17) is 4.74 Å². The number of nitro benzene ring substituents is 1. The molecule has 0 saturated heterocycles. The summed E-state index contributed by atoms with van der Waals surface area (Å²) in [5.74, 6) is 0.531. The minimum atomic E-state index is -0.421. The molecule has 1 aromatic carbocycles. The van der Waals surface area contributed by atoms with E-state index in [0.29, 0.717) is 18.0 Å². The molecule has 1 aromatic heterocycles. The summed E-state index contributed by atoms with van der Waals surface area (Å²) in [4.78, 5) is 14.4. The van der Waals surface area contributed by atoms with Crippen molar-refractivity contribution in [1.29, 1.82) is 0 Å². The Bertz CT molecular complexity index is 540. The Morgan fingerprint density at radius 3 is 2.88 bits per heavy atom. The lowest BCUT2D eigenvalue weighted by atomic mass is 10.2. The molecular weight excluding hydrogens is 208 g/mol. The van der Waals surface area contributed by atoms with E-state index in [9.17, 15) is 10.1 Å². The lowest BCUT2D eigenvalue weighted by Gasteiger charge is -2.03. The fraction of sp³-hybridized carbons (Fsp3) is 0.182. The van der Waals surface area contributed by atoms with Gasteiger partial charge >= 0.3 is 0 Å². The second-order valence-corrected chi connectivity index (χ2v) is 3.22. The zero-order valence-electron chi connectivity index (χ0n) is 8.71. The molecule has 0 radical (unpaired) electrons. The molecule has 0 bridgehead atoms. The van der Waals surface area contributed by atoms with Gasteiger partial charge in [-0.3, -0.25) is 10.1 Å². The highest BCUT2D eigenvalue weighted by atomic mass is 16.6. The fourth-order valence-corrected chi connectivity index (χ4v) is 1.44. The first-order chi connectivity index (χ1) is 7.70. The molecule has 0 aliphatic heterocycles. The molecule has 1 heterocycles. The number of benzene rings is 1. The number of fused-ring (bicyclic) bond motifs is 1. The van der Waals surface area contributed by atoms with Crippen LogP contribution in [0, 0.1) is 10.1 Å². The first-order valence-electron chi connectivity index (χ1n) is 4.88. The Balaban J connectivity index is 2.48. The van der Waals surface area contributed by atoms with Gasteiger partial charge < -0.3 is 4.74 Å². The molecule has 0 unspecified atom stereocenters. The Hall–Kier alpha value is -2.17. The van der Waals surface area contributed by atoms with Crippen LogP contribution < -0.4 is 4.74 Å². The van der Waals surface area contributed by atoms with Crippen molar-refractivity contribution < 1.29 is 9.66 Å². The molecule has 5 nitrogen and oxygen atoms in total. The van der Waals surface area contributed by atoms with Crippen LogP contribution in [0.1, 0.15) is 6.92 Å². The van der Waals surface area contributed by atoms with Crippen molar-refractivity contribution in [1.82, 2.24) is 4.98 Å². The van der Waals surface area contributed by atoms with Crippen LogP contribution in [0.3, 0.4) is 0 Å². The maximum Gasteiger partial charge on any atom is 0.270 e. The van der Waals surface area contributed by atoms with E-state index < -0.39 is 4.92 Å². The summed E-state index contributed by atoms with van der Waals surface area (Å²) < 4.78 is 5.25. The normalized spacial score (nSPS) is 10.3. The Morgan fingerprint density at radius 2 is 2.19 bits per heavy atom. The van der Waals surface area contributed by atoms with Crippen LogP contribution in [0.15, 0.2) is 30.3 Å². The molecule has 2 aromatic rings. The average molecular weight is 218 g/mol. The third-order valence-corrected chi connectivity index (χ3v) is 2.15. The third-order valence-electron chi connectivity index (χ3n) is 2.15. The minimum Gasteiger partial charge on any atom is -0.478 e. The number of nitro groups is 1. The third kappa shape index (κ3) is 1.93. The first-order valence-corrected chi connectivity index (χ1v) is 4.88. The van der Waals surface area contributed by atoms with Crippen molar-refractivity contribution in [2.75, 3.05) is 6.61 Å². The SMILES string of the molecule is CCOc1ccc2cc([N+](=O)[O-])ccc2n1. The number of rotatable bonds is 3. The van der Waals surface area contributed by atoms with Gasteiger partial charge in [-0.15, -0.1) is 0 Å². The van der Waals surface area contributed by atoms with Crippen molar-refractivity contribution in [2.24, 2.45) is 0 Å².